The molecule has 1 heterocycles. The van der Waals surface area contributed by atoms with E-state index >= 15 is 0 Å². The van der Waals surface area contributed by atoms with Crippen LogP contribution in [0, 0.1) is 6.92 Å². The van der Waals surface area contributed by atoms with Crippen molar-refractivity contribution in [3.8, 4) is 0 Å². The van der Waals surface area contributed by atoms with Crippen molar-refractivity contribution in [1.29, 1.82) is 0 Å². The Bertz CT molecular complexity index is 749. The van der Waals surface area contributed by atoms with Gasteiger partial charge >= 0.3 is 0 Å². The molecule has 2 aromatic carbocycles. The topological polar surface area (TPSA) is 24.9 Å². The van der Waals surface area contributed by atoms with E-state index in [2.05, 4.69) is 65.8 Å². The number of hydrogen-bond donors (Lipinski definition) is 1. The number of nitrogens with one attached hydrogen (secondary N) is 1. The molecule has 3 rings (SSSR count). The van der Waals surface area contributed by atoms with Crippen LogP contribution in [0.15, 0.2) is 60.8 Å². The van der Waals surface area contributed by atoms with Gasteiger partial charge in [-0.2, -0.15) is 0 Å². The van der Waals surface area contributed by atoms with E-state index in [9.17, 15) is 0 Å². The summed E-state index contributed by atoms with van der Waals surface area (Å²) in [7, 11) is 2.01. The predicted octanol–water partition coefficient (Wildman–Crippen LogP) is 4.05. The van der Waals surface area contributed by atoms with Crippen molar-refractivity contribution in [3.63, 3.8) is 0 Å². The number of hydrogen-bond acceptors (Lipinski definition) is 2. The summed E-state index contributed by atoms with van der Waals surface area (Å²) in [5.41, 5.74) is 3.71. The molecule has 1 atom stereocenters. The number of nitrogens with zero attached hydrogens (tertiary/aromatic N) is 1. The van der Waals surface area contributed by atoms with Crippen LogP contribution < -0.4 is 5.32 Å². The second-order valence-corrected chi connectivity index (χ2v) is 5.42. The zero-order valence-electron chi connectivity index (χ0n) is 12.5. The molecule has 0 bridgehead atoms. The van der Waals surface area contributed by atoms with Gasteiger partial charge in [0.25, 0.3) is 0 Å². The van der Waals surface area contributed by atoms with E-state index in [-0.39, 0.29) is 6.04 Å². The van der Waals surface area contributed by atoms with Crippen LogP contribution in [-0.4, -0.2) is 12.0 Å². The molecule has 0 spiro atoms. The van der Waals surface area contributed by atoms with Crippen molar-refractivity contribution in [3.05, 3.63) is 77.6 Å². The van der Waals surface area contributed by atoms with Crippen molar-refractivity contribution in [1.82, 2.24) is 10.3 Å². The smallest absolute Gasteiger partial charge is 0.0451 e. The average molecular weight is 276 g/mol. The molecule has 2 nitrogen and oxygen atoms in total. The Balaban J connectivity index is 1.93. The number of aromatic nitrogens is 1. The van der Waals surface area contributed by atoms with Crippen LogP contribution in [0.2, 0.25) is 0 Å². The molecule has 0 saturated carbocycles. The Labute approximate surface area is 125 Å². The van der Waals surface area contributed by atoms with E-state index in [1.54, 1.807) is 0 Å². The van der Waals surface area contributed by atoms with E-state index < -0.39 is 0 Å². The number of benzene rings is 2. The first-order chi connectivity index (χ1) is 10.3. The van der Waals surface area contributed by atoms with Crippen LogP contribution in [0.3, 0.4) is 0 Å². The third kappa shape index (κ3) is 2.96. The molecule has 0 fully saturated rings. The van der Waals surface area contributed by atoms with Crippen LogP contribution in [0.4, 0.5) is 0 Å². The number of aryl methyl sites for hydroxylation is 1. The van der Waals surface area contributed by atoms with Gasteiger partial charge in [-0.15, -0.1) is 0 Å². The van der Waals surface area contributed by atoms with Gasteiger partial charge in [0.2, 0.25) is 0 Å². The summed E-state index contributed by atoms with van der Waals surface area (Å²) in [5.74, 6) is 0. The first kappa shape index (κ1) is 13.8. The fraction of sp³-hybridized carbons (Fsp3) is 0.211. The molecule has 106 valence electrons. The molecule has 0 radical (unpaired) electrons. The molecule has 1 N–H and O–H groups in total. The standard InChI is InChI=1S/C19H20N2/c1-14-6-5-11-21-18(14)13-19(20-2)17-10-9-15-7-3-4-8-16(15)12-17/h3-12,19-20H,13H2,1-2H3. The highest BCUT2D eigenvalue weighted by atomic mass is 14.9. The Morgan fingerprint density at radius 1 is 1.00 bits per heavy atom. The summed E-state index contributed by atoms with van der Waals surface area (Å²) in [5, 5.41) is 5.99. The number of pyridine rings is 1. The minimum Gasteiger partial charge on any atom is -0.313 e. The summed E-state index contributed by atoms with van der Waals surface area (Å²) >= 11 is 0. The van der Waals surface area contributed by atoms with Crippen molar-refractivity contribution in [2.45, 2.75) is 19.4 Å². The van der Waals surface area contributed by atoms with Crippen LogP contribution in [0.5, 0.6) is 0 Å². The Kier molecular flexibility index (Phi) is 3.98. The minimum absolute atomic E-state index is 0.281. The first-order valence-corrected chi connectivity index (χ1v) is 7.34. The van der Waals surface area contributed by atoms with E-state index in [0.717, 1.165) is 12.1 Å². The lowest BCUT2D eigenvalue weighted by atomic mass is 9.97. The number of rotatable bonds is 4. The van der Waals surface area contributed by atoms with Crippen molar-refractivity contribution in [2.24, 2.45) is 0 Å². The second kappa shape index (κ2) is 6.06. The SMILES string of the molecule is CNC(Cc1ncccc1C)c1ccc2ccccc2c1. The van der Waals surface area contributed by atoms with Gasteiger partial charge in [0.05, 0.1) is 0 Å². The maximum Gasteiger partial charge on any atom is 0.0451 e. The zero-order chi connectivity index (χ0) is 14.7. The largest absolute Gasteiger partial charge is 0.313 e. The van der Waals surface area contributed by atoms with Gasteiger partial charge in [-0.05, 0) is 48.0 Å². The molecule has 0 aliphatic heterocycles. The molecule has 21 heavy (non-hydrogen) atoms. The maximum atomic E-state index is 4.51. The highest BCUT2D eigenvalue weighted by Gasteiger charge is 2.12. The summed E-state index contributed by atoms with van der Waals surface area (Å²) in [4.78, 5) is 4.51. The fourth-order valence-electron chi connectivity index (χ4n) is 2.74. The summed E-state index contributed by atoms with van der Waals surface area (Å²) in [6.45, 7) is 2.12. The molecule has 1 unspecified atom stereocenters. The summed E-state index contributed by atoms with van der Waals surface area (Å²) < 4.78 is 0. The Hall–Kier alpha value is -2.19. The van der Waals surface area contributed by atoms with E-state index in [1.807, 2.05) is 19.3 Å². The normalized spacial score (nSPS) is 12.5. The second-order valence-electron chi connectivity index (χ2n) is 5.42. The molecule has 0 aliphatic carbocycles. The Morgan fingerprint density at radius 2 is 1.81 bits per heavy atom. The van der Waals surface area contributed by atoms with Gasteiger partial charge in [-0.1, -0.05) is 42.5 Å². The molecule has 0 aliphatic rings. The van der Waals surface area contributed by atoms with E-state index in [0.29, 0.717) is 0 Å². The van der Waals surface area contributed by atoms with Crippen LogP contribution in [0.25, 0.3) is 10.8 Å². The molecule has 0 saturated heterocycles. The van der Waals surface area contributed by atoms with Gasteiger partial charge in [0.15, 0.2) is 0 Å². The van der Waals surface area contributed by atoms with Crippen molar-refractivity contribution in [2.75, 3.05) is 7.05 Å². The van der Waals surface area contributed by atoms with Crippen LogP contribution in [0.1, 0.15) is 22.9 Å². The van der Waals surface area contributed by atoms with E-state index in [4.69, 9.17) is 0 Å². The lowest BCUT2D eigenvalue weighted by Gasteiger charge is -2.18. The number of likely N-dealkylation sites (N-methyl/N-ethyl adjacent to an activating group) is 1. The van der Waals surface area contributed by atoms with Crippen molar-refractivity contribution < 1.29 is 0 Å². The Morgan fingerprint density at radius 3 is 2.57 bits per heavy atom. The first-order valence-electron chi connectivity index (χ1n) is 7.34. The van der Waals surface area contributed by atoms with Gasteiger partial charge in [0.1, 0.15) is 0 Å². The molecule has 1 aromatic heterocycles. The summed E-state index contributed by atoms with van der Waals surface area (Å²) in [6.07, 6.45) is 2.77. The lowest BCUT2D eigenvalue weighted by Crippen LogP contribution is -2.19. The van der Waals surface area contributed by atoms with Gasteiger partial charge in [-0.25, -0.2) is 0 Å². The molecule has 3 aromatic rings. The van der Waals surface area contributed by atoms with Crippen molar-refractivity contribution >= 4 is 10.8 Å². The minimum atomic E-state index is 0.281. The average Bonchev–Trinajstić information content (AvgIpc) is 2.54. The summed E-state index contributed by atoms with van der Waals surface area (Å²) in [6, 6.07) is 19.5. The molecular formula is C19H20N2. The quantitative estimate of drug-likeness (QED) is 0.777. The highest BCUT2D eigenvalue weighted by molar-refractivity contribution is 5.83. The lowest BCUT2D eigenvalue weighted by molar-refractivity contribution is 0.583. The molecule has 0 amide bonds. The van der Waals surface area contributed by atoms with Gasteiger partial charge in [0, 0.05) is 24.4 Å². The van der Waals surface area contributed by atoms with Gasteiger partial charge < -0.3 is 5.32 Å². The molecule has 2 heteroatoms. The highest BCUT2D eigenvalue weighted by Crippen LogP contribution is 2.23. The predicted molar refractivity (Wildman–Crippen MR) is 88.4 cm³/mol. The fourth-order valence-corrected chi connectivity index (χ4v) is 2.74. The van der Waals surface area contributed by atoms with Crippen LogP contribution in [-0.2, 0) is 6.42 Å². The van der Waals surface area contributed by atoms with Crippen LogP contribution >= 0.6 is 0 Å². The zero-order valence-corrected chi connectivity index (χ0v) is 12.5. The third-order valence-electron chi connectivity index (χ3n) is 4.04. The van der Waals surface area contributed by atoms with E-state index in [1.165, 1.54) is 21.9 Å². The maximum absolute atomic E-state index is 4.51. The van der Waals surface area contributed by atoms with Gasteiger partial charge in [-0.3, -0.25) is 4.98 Å². The molecular weight excluding hydrogens is 256 g/mol. The monoisotopic (exact) mass is 276 g/mol. The number of fused-ring (bicyclic) bond motifs is 1. The third-order valence-corrected chi connectivity index (χ3v) is 4.04.